The fourth-order valence-electron chi connectivity index (χ4n) is 3.19. The van der Waals surface area contributed by atoms with Gasteiger partial charge in [-0.1, -0.05) is 32.9 Å². The Labute approximate surface area is 171 Å². The standard InChI is InChI=1S/C21H31N5OS/c1-5-22-20(23-14-19-24-18(15-28-19)21(2,3)4)26-12-10-25(11-13-26)16-8-6-7-9-17(16)27/h6-9,15,27H,5,10-14H2,1-4H3,(H,22,23). The van der Waals surface area contributed by atoms with Crippen molar-refractivity contribution in [3.05, 3.63) is 40.3 Å². The second kappa shape index (κ2) is 8.82. The van der Waals surface area contributed by atoms with Crippen LogP contribution >= 0.6 is 11.3 Å². The van der Waals surface area contributed by atoms with Crippen LogP contribution in [0.3, 0.4) is 0 Å². The normalized spacial score (nSPS) is 15.8. The van der Waals surface area contributed by atoms with Gasteiger partial charge in [-0.2, -0.15) is 0 Å². The van der Waals surface area contributed by atoms with Crippen LogP contribution in [-0.4, -0.2) is 53.7 Å². The molecule has 0 amide bonds. The number of thiazole rings is 1. The first kappa shape index (κ1) is 20.5. The Balaban J connectivity index is 1.64. The van der Waals surface area contributed by atoms with Crippen LogP contribution in [0.1, 0.15) is 38.4 Å². The molecule has 28 heavy (non-hydrogen) atoms. The van der Waals surface area contributed by atoms with Crippen molar-refractivity contribution in [1.82, 2.24) is 15.2 Å². The first-order valence-corrected chi connectivity index (χ1v) is 10.8. The number of nitrogens with zero attached hydrogens (tertiary/aromatic N) is 4. The summed E-state index contributed by atoms with van der Waals surface area (Å²) in [6.45, 7) is 13.5. The molecule has 0 spiro atoms. The lowest BCUT2D eigenvalue weighted by molar-refractivity contribution is 0.369. The van der Waals surface area contributed by atoms with Gasteiger partial charge in [0.15, 0.2) is 5.96 Å². The largest absolute Gasteiger partial charge is 0.506 e. The van der Waals surface area contributed by atoms with Crippen molar-refractivity contribution in [2.75, 3.05) is 37.6 Å². The number of rotatable bonds is 4. The fourth-order valence-corrected chi connectivity index (χ4v) is 4.13. The minimum atomic E-state index is 0.0717. The van der Waals surface area contributed by atoms with Gasteiger partial charge in [-0.05, 0) is 19.1 Å². The highest BCUT2D eigenvalue weighted by Gasteiger charge is 2.22. The smallest absolute Gasteiger partial charge is 0.194 e. The second-order valence-electron chi connectivity index (χ2n) is 8.01. The van der Waals surface area contributed by atoms with Gasteiger partial charge in [0.1, 0.15) is 10.8 Å². The highest BCUT2D eigenvalue weighted by Crippen LogP contribution is 2.27. The summed E-state index contributed by atoms with van der Waals surface area (Å²) in [5.41, 5.74) is 2.10. The molecule has 7 heteroatoms. The number of aromatic nitrogens is 1. The third-order valence-electron chi connectivity index (χ3n) is 4.82. The number of aromatic hydroxyl groups is 1. The number of nitrogens with one attached hydrogen (secondary N) is 1. The molecule has 1 aromatic carbocycles. The Morgan fingerprint density at radius 2 is 1.93 bits per heavy atom. The van der Waals surface area contributed by atoms with E-state index in [9.17, 15) is 5.11 Å². The number of piperazine rings is 1. The number of aliphatic imine (C=N–C) groups is 1. The van der Waals surface area contributed by atoms with Crippen LogP contribution in [0.5, 0.6) is 5.75 Å². The SMILES string of the molecule is CCNC(=NCc1nc(C(C)(C)C)cs1)N1CCN(c2ccccc2O)CC1. The molecule has 1 aliphatic heterocycles. The summed E-state index contributed by atoms with van der Waals surface area (Å²) in [6.07, 6.45) is 0. The minimum absolute atomic E-state index is 0.0717. The highest BCUT2D eigenvalue weighted by atomic mass is 32.1. The molecule has 2 heterocycles. The summed E-state index contributed by atoms with van der Waals surface area (Å²) >= 11 is 1.68. The van der Waals surface area contributed by atoms with Gasteiger partial charge >= 0.3 is 0 Å². The average molecular weight is 402 g/mol. The van der Waals surface area contributed by atoms with Gasteiger partial charge in [0.05, 0.1) is 17.9 Å². The molecule has 2 aromatic rings. The molecule has 6 nitrogen and oxygen atoms in total. The number of anilines is 1. The van der Waals surface area contributed by atoms with E-state index in [1.54, 1.807) is 17.4 Å². The zero-order valence-corrected chi connectivity index (χ0v) is 18.1. The van der Waals surface area contributed by atoms with E-state index in [1.165, 1.54) is 0 Å². The third kappa shape index (κ3) is 4.95. The van der Waals surface area contributed by atoms with Gasteiger partial charge in [0.25, 0.3) is 0 Å². The lowest BCUT2D eigenvalue weighted by atomic mass is 9.93. The number of para-hydroxylation sites is 2. The molecule has 1 aromatic heterocycles. The molecule has 0 radical (unpaired) electrons. The molecule has 0 unspecified atom stereocenters. The summed E-state index contributed by atoms with van der Waals surface area (Å²) in [6, 6.07) is 7.54. The molecule has 0 atom stereocenters. The van der Waals surface area contributed by atoms with Gasteiger partial charge in [-0.3, -0.25) is 0 Å². The highest BCUT2D eigenvalue weighted by molar-refractivity contribution is 7.09. The predicted octanol–water partition coefficient (Wildman–Crippen LogP) is 3.43. The maximum atomic E-state index is 10.1. The quantitative estimate of drug-likeness (QED) is 0.607. The number of guanidine groups is 1. The van der Waals surface area contributed by atoms with E-state index in [2.05, 4.69) is 48.2 Å². The zero-order chi connectivity index (χ0) is 20.1. The van der Waals surface area contributed by atoms with Crippen molar-refractivity contribution in [3.8, 4) is 5.75 Å². The van der Waals surface area contributed by atoms with Gasteiger partial charge in [0, 0.05) is 43.5 Å². The summed E-state index contributed by atoms with van der Waals surface area (Å²) in [5, 5.41) is 16.7. The molecule has 0 bridgehead atoms. The lowest BCUT2D eigenvalue weighted by Crippen LogP contribution is -2.52. The Morgan fingerprint density at radius 1 is 1.21 bits per heavy atom. The monoisotopic (exact) mass is 401 g/mol. The van der Waals surface area contributed by atoms with Crippen LogP contribution in [0.2, 0.25) is 0 Å². The van der Waals surface area contributed by atoms with Gasteiger partial charge in [-0.15, -0.1) is 11.3 Å². The van der Waals surface area contributed by atoms with E-state index in [0.717, 1.165) is 55.1 Å². The molecule has 1 aliphatic rings. The predicted molar refractivity (Wildman–Crippen MR) is 118 cm³/mol. The maximum absolute atomic E-state index is 10.1. The molecule has 1 saturated heterocycles. The average Bonchev–Trinajstić information content (AvgIpc) is 3.15. The number of benzene rings is 1. The topological polar surface area (TPSA) is 64.0 Å². The molecule has 2 N–H and O–H groups in total. The van der Waals surface area contributed by atoms with Crippen LogP contribution in [0.4, 0.5) is 5.69 Å². The van der Waals surface area contributed by atoms with Crippen molar-refractivity contribution in [3.63, 3.8) is 0 Å². The molecule has 0 aliphatic carbocycles. The Morgan fingerprint density at radius 3 is 2.54 bits per heavy atom. The first-order chi connectivity index (χ1) is 13.4. The maximum Gasteiger partial charge on any atom is 0.194 e. The van der Waals surface area contributed by atoms with Gasteiger partial charge in [0.2, 0.25) is 0 Å². The lowest BCUT2D eigenvalue weighted by Gasteiger charge is -2.37. The fraction of sp³-hybridized carbons (Fsp3) is 0.524. The summed E-state index contributed by atoms with van der Waals surface area (Å²) < 4.78 is 0. The summed E-state index contributed by atoms with van der Waals surface area (Å²) in [7, 11) is 0. The van der Waals surface area contributed by atoms with Crippen LogP contribution in [-0.2, 0) is 12.0 Å². The van der Waals surface area contributed by atoms with Crippen LogP contribution in [0, 0.1) is 0 Å². The van der Waals surface area contributed by atoms with E-state index in [4.69, 9.17) is 9.98 Å². The van der Waals surface area contributed by atoms with E-state index < -0.39 is 0 Å². The van der Waals surface area contributed by atoms with Crippen molar-refractivity contribution < 1.29 is 5.11 Å². The molecule has 0 saturated carbocycles. The molecule has 152 valence electrons. The first-order valence-electron chi connectivity index (χ1n) is 9.89. The van der Waals surface area contributed by atoms with E-state index in [-0.39, 0.29) is 5.41 Å². The van der Waals surface area contributed by atoms with Gasteiger partial charge in [-0.25, -0.2) is 9.98 Å². The van der Waals surface area contributed by atoms with Gasteiger partial charge < -0.3 is 20.2 Å². The van der Waals surface area contributed by atoms with Crippen molar-refractivity contribution in [2.24, 2.45) is 4.99 Å². The van der Waals surface area contributed by atoms with E-state index in [1.807, 2.05) is 18.2 Å². The van der Waals surface area contributed by atoms with E-state index >= 15 is 0 Å². The van der Waals surface area contributed by atoms with Crippen molar-refractivity contribution in [2.45, 2.75) is 39.7 Å². The molecule has 1 fully saturated rings. The number of phenolic OH excluding ortho intramolecular Hbond substituents is 1. The Kier molecular flexibility index (Phi) is 6.44. The molecular formula is C21H31N5OS. The van der Waals surface area contributed by atoms with E-state index in [0.29, 0.717) is 12.3 Å². The van der Waals surface area contributed by atoms with Crippen LogP contribution in [0.25, 0.3) is 0 Å². The third-order valence-corrected chi connectivity index (χ3v) is 5.65. The molecular weight excluding hydrogens is 370 g/mol. The Hall–Kier alpha value is -2.28. The summed E-state index contributed by atoms with van der Waals surface area (Å²) in [4.78, 5) is 14.1. The minimum Gasteiger partial charge on any atom is -0.506 e. The zero-order valence-electron chi connectivity index (χ0n) is 17.3. The van der Waals surface area contributed by atoms with Crippen LogP contribution < -0.4 is 10.2 Å². The van der Waals surface area contributed by atoms with Crippen LogP contribution in [0.15, 0.2) is 34.6 Å². The van der Waals surface area contributed by atoms with Crippen molar-refractivity contribution in [1.29, 1.82) is 0 Å². The summed E-state index contributed by atoms with van der Waals surface area (Å²) in [5.74, 6) is 1.28. The second-order valence-corrected chi connectivity index (χ2v) is 8.95. The molecule has 3 rings (SSSR count). The number of phenols is 1. The number of hydrogen-bond donors (Lipinski definition) is 2. The Bertz CT molecular complexity index is 803. The van der Waals surface area contributed by atoms with Crippen molar-refractivity contribution >= 4 is 23.0 Å². The number of hydrogen-bond acceptors (Lipinski definition) is 5.